The first-order chi connectivity index (χ1) is 13.6. The number of benzene rings is 2. The Hall–Kier alpha value is -2.80. The largest absolute Gasteiger partial charge is 0.496 e. The number of amides is 1. The van der Waals surface area contributed by atoms with E-state index in [2.05, 4.69) is 4.99 Å². The lowest BCUT2D eigenvalue weighted by atomic mass is 10.1. The van der Waals surface area contributed by atoms with Crippen molar-refractivity contribution in [2.45, 2.75) is 26.8 Å². The lowest BCUT2D eigenvalue weighted by molar-refractivity contribution is -0.117. The Bertz CT molecular complexity index is 1110. The van der Waals surface area contributed by atoms with Crippen LogP contribution in [0.2, 0.25) is 0 Å². The predicted octanol–water partition coefficient (Wildman–Crippen LogP) is 3.48. The fourth-order valence-corrected chi connectivity index (χ4v) is 4.49. The summed E-state index contributed by atoms with van der Waals surface area (Å²) in [4.78, 5) is 17.7. The highest BCUT2D eigenvalue weighted by atomic mass is 32.1. The van der Waals surface area contributed by atoms with Gasteiger partial charge in [-0.15, -0.1) is 0 Å². The number of aromatic nitrogens is 1. The quantitative estimate of drug-likeness (QED) is 0.675. The highest BCUT2D eigenvalue weighted by Gasteiger charge is 2.16. The van der Waals surface area contributed by atoms with Crippen LogP contribution in [0.1, 0.15) is 18.1 Å². The molecule has 1 aliphatic heterocycles. The maximum atomic E-state index is 12.6. The van der Waals surface area contributed by atoms with Crippen molar-refractivity contribution < 1.29 is 19.0 Å². The molecule has 0 bridgehead atoms. The zero-order valence-electron chi connectivity index (χ0n) is 16.2. The normalized spacial score (nSPS) is 13.8. The lowest BCUT2D eigenvalue weighted by Crippen LogP contribution is -2.17. The summed E-state index contributed by atoms with van der Waals surface area (Å²) in [5, 5.41) is 0. The summed E-state index contributed by atoms with van der Waals surface area (Å²) < 4.78 is 19.7. The monoisotopic (exact) mass is 398 g/mol. The number of fused-ring (bicyclic) bond motifs is 2. The molecule has 0 spiro atoms. The topological polar surface area (TPSA) is 62.1 Å². The Labute approximate surface area is 167 Å². The van der Waals surface area contributed by atoms with Gasteiger partial charge in [0.1, 0.15) is 19.0 Å². The first-order valence-corrected chi connectivity index (χ1v) is 10.0. The molecule has 146 valence electrons. The Balaban J connectivity index is 1.68. The van der Waals surface area contributed by atoms with Gasteiger partial charge in [-0.2, -0.15) is 4.99 Å². The molecule has 0 aliphatic carbocycles. The minimum Gasteiger partial charge on any atom is -0.496 e. The van der Waals surface area contributed by atoms with E-state index in [-0.39, 0.29) is 12.3 Å². The van der Waals surface area contributed by atoms with E-state index in [0.717, 1.165) is 38.6 Å². The predicted molar refractivity (Wildman–Crippen MR) is 108 cm³/mol. The molecule has 0 atom stereocenters. The second-order valence-corrected chi connectivity index (χ2v) is 7.59. The van der Waals surface area contributed by atoms with Crippen LogP contribution < -0.4 is 19.0 Å². The van der Waals surface area contributed by atoms with Crippen LogP contribution in [0.3, 0.4) is 0 Å². The molecule has 1 aromatic heterocycles. The number of rotatable bonds is 4. The molecular weight excluding hydrogens is 376 g/mol. The summed E-state index contributed by atoms with van der Waals surface area (Å²) in [6.07, 6.45) is 0.255. The molecule has 0 unspecified atom stereocenters. The molecule has 6 nitrogen and oxygen atoms in total. The fourth-order valence-electron chi connectivity index (χ4n) is 3.37. The van der Waals surface area contributed by atoms with E-state index in [0.29, 0.717) is 24.6 Å². The van der Waals surface area contributed by atoms with Crippen molar-refractivity contribution in [2.75, 3.05) is 20.3 Å². The van der Waals surface area contributed by atoms with Gasteiger partial charge in [0.05, 0.1) is 23.7 Å². The van der Waals surface area contributed by atoms with Gasteiger partial charge >= 0.3 is 0 Å². The van der Waals surface area contributed by atoms with Gasteiger partial charge in [-0.05, 0) is 31.0 Å². The van der Waals surface area contributed by atoms with E-state index in [1.165, 1.54) is 11.3 Å². The maximum absolute atomic E-state index is 12.6. The molecule has 0 N–H and O–H groups in total. The van der Waals surface area contributed by atoms with Gasteiger partial charge < -0.3 is 18.8 Å². The standard InChI is InChI=1S/C21H22N2O4S/c1-4-23-15-11-17-18(27-8-7-26-17)12-19(15)28-21(23)22-20(24)10-14-5-6-16(25-3)13(2)9-14/h5-6,9,11-12H,4,7-8,10H2,1-3H3. The van der Waals surface area contributed by atoms with Crippen LogP contribution in [-0.2, 0) is 17.8 Å². The number of hydrogen-bond acceptors (Lipinski definition) is 5. The van der Waals surface area contributed by atoms with E-state index in [9.17, 15) is 4.79 Å². The van der Waals surface area contributed by atoms with Crippen LogP contribution in [-0.4, -0.2) is 30.8 Å². The summed E-state index contributed by atoms with van der Waals surface area (Å²) in [6, 6.07) is 9.69. The molecule has 0 fully saturated rings. The molecule has 0 saturated carbocycles. The summed E-state index contributed by atoms with van der Waals surface area (Å²) >= 11 is 1.49. The lowest BCUT2D eigenvalue weighted by Gasteiger charge is -2.18. The molecule has 0 radical (unpaired) electrons. The van der Waals surface area contributed by atoms with E-state index < -0.39 is 0 Å². The van der Waals surface area contributed by atoms with Gasteiger partial charge in [-0.1, -0.05) is 23.5 Å². The smallest absolute Gasteiger partial charge is 0.252 e. The van der Waals surface area contributed by atoms with Crippen LogP contribution in [0.25, 0.3) is 10.2 Å². The number of hydrogen-bond donors (Lipinski definition) is 0. The van der Waals surface area contributed by atoms with Gasteiger partial charge in [-0.25, -0.2) is 0 Å². The van der Waals surface area contributed by atoms with Gasteiger partial charge in [-0.3, -0.25) is 4.79 Å². The van der Waals surface area contributed by atoms with E-state index in [1.54, 1.807) is 7.11 Å². The van der Waals surface area contributed by atoms with Crippen molar-refractivity contribution in [1.82, 2.24) is 4.57 Å². The van der Waals surface area contributed by atoms with Crippen LogP contribution in [0, 0.1) is 6.92 Å². The van der Waals surface area contributed by atoms with E-state index in [1.807, 2.05) is 48.7 Å². The molecule has 2 heterocycles. The number of carbonyl (C=O) groups excluding carboxylic acids is 1. The van der Waals surface area contributed by atoms with Gasteiger partial charge in [0.25, 0.3) is 5.91 Å². The summed E-state index contributed by atoms with van der Waals surface area (Å²) in [5.41, 5.74) is 2.93. The van der Waals surface area contributed by atoms with Crippen LogP contribution in [0.4, 0.5) is 0 Å². The number of thiazole rings is 1. The molecule has 3 aromatic rings. The zero-order valence-corrected chi connectivity index (χ0v) is 17.0. The van der Waals surface area contributed by atoms with Crippen LogP contribution in [0.5, 0.6) is 17.2 Å². The van der Waals surface area contributed by atoms with Crippen molar-refractivity contribution in [1.29, 1.82) is 0 Å². The van der Waals surface area contributed by atoms with Crippen molar-refractivity contribution >= 4 is 27.5 Å². The Morgan fingerprint density at radius 3 is 2.64 bits per heavy atom. The third kappa shape index (κ3) is 3.49. The minimum absolute atomic E-state index is 0.171. The number of aryl methyl sites for hydroxylation is 2. The number of nitrogens with zero attached hydrogens (tertiary/aromatic N) is 2. The van der Waals surface area contributed by atoms with Gasteiger partial charge in [0.2, 0.25) is 0 Å². The van der Waals surface area contributed by atoms with E-state index >= 15 is 0 Å². The molecule has 1 aliphatic rings. The average Bonchev–Trinajstić information content (AvgIpc) is 3.01. The van der Waals surface area contributed by atoms with Crippen molar-refractivity contribution in [3.8, 4) is 17.2 Å². The second kappa shape index (κ2) is 7.67. The van der Waals surface area contributed by atoms with Gasteiger partial charge in [0.15, 0.2) is 16.3 Å². The average molecular weight is 398 g/mol. The highest BCUT2D eigenvalue weighted by molar-refractivity contribution is 7.16. The number of ether oxygens (including phenoxy) is 3. The molecule has 0 saturated heterocycles. The van der Waals surface area contributed by atoms with Crippen LogP contribution in [0.15, 0.2) is 35.3 Å². The first-order valence-electron chi connectivity index (χ1n) is 9.23. The molecule has 28 heavy (non-hydrogen) atoms. The highest BCUT2D eigenvalue weighted by Crippen LogP contribution is 2.35. The first kappa shape index (κ1) is 18.6. The maximum Gasteiger partial charge on any atom is 0.252 e. The third-order valence-electron chi connectivity index (χ3n) is 4.70. The van der Waals surface area contributed by atoms with Crippen molar-refractivity contribution in [3.05, 3.63) is 46.3 Å². The van der Waals surface area contributed by atoms with Crippen LogP contribution >= 0.6 is 11.3 Å². The SMILES string of the molecule is CCn1c(=NC(=O)Cc2ccc(OC)c(C)c2)sc2cc3c(cc21)OCCO3. The summed E-state index contributed by atoms with van der Waals surface area (Å²) in [7, 11) is 1.64. The fraction of sp³-hybridized carbons (Fsp3) is 0.333. The zero-order chi connectivity index (χ0) is 19.7. The Kier molecular flexibility index (Phi) is 5.09. The molecular formula is C21H22N2O4S. The molecule has 4 rings (SSSR count). The molecule has 2 aromatic carbocycles. The van der Waals surface area contributed by atoms with Gasteiger partial charge in [0, 0.05) is 18.7 Å². The van der Waals surface area contributed by atoms with E-state index in [4.69, 9.17) is 14.2 Å². The Morgan fingerprint density at radius 1 is 1.21 bits per heavy atom. The van der Waals surface area contributed by atoms with Crippen molar-refractivity contribution in [3.63, 3.8) is 0 Å². The summed E-state index contributed by atoms with van der Waals surface area (Å²) in [5.74, 6) is 2.13. The molecule has 1 amide bonds. The minimum atomic E-state index is -0.171. The number of carbonyl (C=O) groups is 1. The Morgan fingerprint density at radius 2 is 1.96 bits per heavy atom. The number of methoxy groups -OCH3 is 1. The van der Waals surface area contributed by atoms with Crippen molar-refractivity contribution in [2.24, 2.45) is 4.99 Å². The summed E-state index contributed by atoms with van der Waals surface area (Å²) in [6.45, 7) is 5.82. The third-order valence-corrected chi connectivity index (χ3v) is 5.74. The molecule has 7 heteroatoms. The second-order valence-electron chi connectivity index (χ2n) is 6.58.